The number of hydrogen-bond acceptors (Lipinski definition) is 7. The molecule has 18 heavy (non-hydrogen) atoms. The van der Waals surface area contributed by atoms with Gasteiger partial charge in [-0.25, -0.2) is 0 Å². The smallest absolute Gasteiger partial charge is 0.302 e. The van der Waals surface area contributed by atoms with Gasteiger partial charge in [-0.3, -0.25) is 4.79 Å². The van der Waals surface area contributed by atoms with E-state index in [1.54, 1.807) is 13.8 Å². The maximum Gasteiger partial charge on any atom is 0.302 e. The molecule has 0 aromatic heterocycles. The molecule has 4 atom stereocenters. The lowest BCUT2D eigenvalue weighted by Crippen LogP contribution is -2.46. The minimum atomic E-state index is -1.32. The molecule has 1 heterocycles. The van der Waals surface area contributed by atoms with Crippen LogP contribution in [0.5, 0.6) is 0 Å². The third-order valence-corrected chi connectivity index (χ3v) is 2.59. The van der Waals surface area contributed by atoms with E-state index in [0.29, 0.717) is 0 Å². The summed E-state index contributed by atoms with van der Waals surface area (Å²) >= 11 is 0. The molecule has 1 rings (SSSR count). The fourth-order valence-corrected chi connectivity index (χ4v) is 1.81. The highest BCUT2D eigenvalue weighted by Gasteiger charge is 2.46. The molecule has 0 bridgehead atoms. The maximum atomic E-state index is 10.6. The first-order valence-electron chi connectivity index (χ1n) is 5.73. The van der Waals surface area contributed by atoms with Crippen molar-refractivity contribution in [3.05, 3.63) is 0 Å². The van der Waals surface area contributed by atoms with E-state index in [0.717, 1.165) is 0 Å². The molecule has 7 nitrogen and oxygen atoms in total. The number of ether oxygens (including phenoxy) is 3. The molecule has 0 amide bonds. The number of hydrogen-bond donors (Lipinski definition) is 3. The van der Waals surface area contributed by atoms with Crippen LogP contribution in [-0.4, -0.2) is 64.7 Å². The van der Waals surface area contributed by atoms with Crippen molar-refractivity contribution in [1.82, 2.24) is 0 Å². The highest BCUT2D eigenvalue weighted by Crippen LogP contribution is 2.30. The Morgan fingerprint density at radius 3 is 2.50 bits per heavy atom. The first kappa shape index (κ1) is 15.3. The van der Waals surface area contributed by atoms with Crippen LogP contribution in [-0.2, 0) is 19.0 Å². The van der Waals surface area contributed by atoms with E-state index >= 15 is 0 Å². The van der Waals surface area contributed by atoms with Gasteiger partial charge in [0, 0.05) is 6.92 Å². The normalized spacial score (nSPS) is 29.9. The van der Waals surface area contributed by atoms with Gasteiger partial charge >= 0.3 is 5.97 Å². The summed E-state index contributed by atoms with van der Waals surface area (Å²) in [5, 5.41) is 28.7. The number of carbonyl (C=O) groups excluding carboxylic acids is 1. The molecular weight excluding hydrogens is 244 g/mol. The quantitative estimate of drug-likeness (QED) is 0.535. The Morgan fingerprint density at radius 1 is 1.39 bits per heavy atom. The summed E-state index contributed by atoms with van der Waals surface area (Å²) in [4.78, 5) is 10.6. The van der Waals surface area contributed by atoms with Crippen LogP contribution in [0.3, 0.4) is 0 Å². The van der Waals surface area contributed by atoms with Crippen molar-refractivity contribution in [2.75, 3.05) is 13.2 Å². The monoisotopic (exact) mass is 264 g/mol. The topological polar surface area (TPSA) is 105 Å². The van der Waals surface area contributed by atoms with Crippen molar-refractivity contribution in [3.8, 4) is 0 Å². The van der Waals surface area contributed by atoms with Gasteiger partial charge in [0.05, 0.1) is 6.61 Å². The lowest BCUT2D eigenvalue weighted by Gasteiger charge is -2.25. The molecule has 7 heteroatoms. The van der Waals surface area contributed by atoms with Gasteiger partial charge in [-0.05, 0) is 13.8 Å². The molecule has 0 spiro atoms. The largest absolute Gasteiger partial charge is 0.463 e. The predicted octanol–water partition coefficient (Wildman–Crippen LogP) is -1.22. The minimum Gasteiger partial charge on any atom is -0.463 e. The fraction of sp³-hybridized carbons (Fsp3) is 0.909. The Kier molecular flexibility index (Phi) is 5.06. The average Bonchev–Trinajstić information content (AvgIpc) is 2.60. The first-order valence-corrected chi connectivity index (χ1v) is 5.73. The first-order chi connectivity index (χ1) is 8.26. The molecule has 0 radical (unpaired) electrons. The minimum absolute atomic E-state index is 0.338. The van der Waals surface area contributed by atoms with Crippen LogP contribution in [0.4, 0.5) is 0 Å². The number of aliphatic hydroxyl groups is 3. The molecule has 106 valence electrons. The molecule has 1 aliphatic rings. The van der Waals surface area contributed by atoms with Crippen LogP contribution >= 0.6 is 0 Å². The van der Waals surface area contributed by atoms with Crippen LogP contribution in [0.15, 0.2) is 0 Å². The van der Waals surface area contributed by atoms with Gasteiger partial charge in [0.1, 0.15) is 31.0 Å². The third-order valence-electron chi connectivity index (χ3n) is 2.59. The lowest BCUT2D eigenvalue weighted by atomic mass is 10.0. The standard InChI is InChI=1S/C11H20O7/c1-6(13)16-5-7(14)9(15)10-8(4-12)17-11(2,3)18-10/h7-10,12,14-15H,4-5H2,1-3H3/t7-,8-,9-,10-/m1/s1. The lowest BCUT2D eigenvalue weighted by molar-refractivity contribution is -0.169. The zero-order valence-corrected chi connectivity index (χ0v) is 10.7. The predicted molar refractivity (Wildman–Crippen MR) is 59.6 cm³/mol. The van der Waals surface area contributed by atoms with E-state index in [1.165, 1.54) is 6.92 Å². The van der Waals surface area contributed by atoms with E-state index < -0.39 is 36.2 Å². The molecule has 0 aromatic rings. The molecule has 0 aliphatic carbocycles. The van der Waals surface area contributed by atoms with Crippen molar-refractivity contribution < 1.29 is 34.3 Å². The van der Waals surface area contributed by atoms with Crippen molar-refractivity contribution in [2.45, 2.75) is 51.0 Å². The van der Waals surface area contributed by atoms with Crippen LogP contribution in [0.25, 0.3) is 0 Å². The zero-order valence-electron chi connectivity index (χ0n) is 10.7. The van der Waals surface area contributed by atoms with Gasteiger partial charge in [-0.1, -0.05) is 0 Å². The van der Waals surface area contributed by atoms with Gasteiger partial charge in [0.25, 0.3) is 0 Å². The Bertz CT molecular complexity index is 291. The van der Waals surface area contributed by atoms with E-state index in [9.17, 15) is 15.0 Å². The fourth-order valence-electron chi connectivity index (χ4n) is 1.81. The highest BCUT2D eigenvalue weighted by molar-refractivity contribution is 5.65. The Balaban J connectivity index is 2.59. The SMILES string of the molecule is CC(=O)OC[C@@H](O)[C@@H](O)[C@@H]1OC(C)(C)O[C@@H]1CO. The summed E-state index contributed by atoms with van der Waals surface area (Å²) in [7, 11) is 0. The van der Waals surface area contributed by atoms with Crippen molar-refractivity contribution >= 4 is 5.97 Å². The molecule has 1 aliphatic heterocycles. The van der Waals surface area contributed by atoms with E-state index in [-0.39, 0.29) is 13.2 Å². The second-order valence-electron chi connectivity index (χ2n) is 4.68. The highest BCUT2D eigenvalue weighted by atomic mass is 16.8. The van der Waals surface area contributed by atoms with Crippen LogP contribution in [0.1, 0.15) is 20.8 Å². The van der Waals surface area contributed by atoms with Gasteiger partial charge in [-0.2, -0.15) is 0 Å². The van der Waals surface area contributed by atoms with Crippen molar-refractivity contribution in [3.63, 3.8) is 0 Å². The number of rotatable bonds is 5. The average molecular weight is 264 g/mol. The Morgan fingerprint density at radius 2 is 2.00 bits per heavy atom. The molecule has 0 aromatic carbocycles. The van der Waals surface area contributed by atoms with Gasteiger partial charge in [-0.15, -0.1) is 0 Å². The summed E-state index contributed by atoms with van der Waals surface area (Å²) in [6, 6.07) is 0. The third kappa shape index (κ3) is 3.89. The molecule has 0 unspecified atom stereocenters. The van der Waals surface area contributed by atoms with Crippen LogP contribution < -0.4 is 0 Å². The maximum absolute atomic E-state index is 10.6. The number of aliphatic hydroxyl groups excluding tert-OH is 3. The second-order valence-corrected chi connectivity index (χ2v) is 4.68. The summed E-state index contributed by atoms with van der Waals surface area (Å²) in [5.74, 6) is -1.50. The van der Waals surface area contributed by atoms with Crippen molar-refractivity contribution in [1.29, 1.82) is 0 Å². The summed E-state index contributed by atoms with van der Waals surface area (Å²) in [6.07, 6.45) is -4.23. The molecular formula is C11H20O7. The number of esters is 1. The van der Waals surface area contributed by atoms with E-state index in [1.807, 2.05) is 0 Å². The van der Waals surface area contributed by atoms with Gasteiger partial charge < -0.3 is 29.5 Å². The van der Waals surface area contributed by atoms with Gasteiger partial charge in [0.2, 0.25) is 0 Å². The number of carbonyl (C=O) groups is 1. The summed E-state index contributed by atoms with van der Waals surface area (Å²) in [5.41, 5.74) is 0. The van der Waals surface area contributed by atoms with E-state index in [2.05, 4.69) is 4.74 Å². The second kappa shape index (κ2) is 5.94. The molecule has 1 fully saturated rings. The van der Waals surface area contributed by atoms with Gasteiger partial charge in [0.15, 0.2) is 5.79 Å². The molecule has 1 saturated heterocycles. The summed E-state index contributed by atoms with van der Waals surface area (Å²) < 4.78 is 15.4. The summed E-state index contributed by atoms with van der Waals surface area (Å²) in [6.45, 7) is 3.80. The van der Waals surface area contributed by atoms with Crippen LogP contribution in [0, 0.1) is 0 Å². The van der Waals surface area contributed by atoms with Crippen molar-refractivity contribution in [2.24, 2.45) is 0 Å². The Hall–Kier alpha value is -0.730. The van der Waals surface area contributed by atoms with E-state index in [4.69, 9.17) is 14.6 Å². The Labute approximate surface area is 105 Å². The zero-order chi connectivity index (χ0) is 13.9. The molecule has 0 saturated carbocycles. The van der Waals surface area contributed by atoms with Crippen LogP contribution in [0.2, 0.25) is 0 Å². The molecule has 3 N–H and O–H groups in total.